The SMILES string of the molecule is O=C1CC(c2cccc(F)c2)=NN1c1ccc(F)cc1. The molecule has 3 rings (SSSR count). The van der Waals surface area contributed by atoms with E-state index in [1.54, 1.807) is 12.1 Å². The van der Waals surface area contributed by atoms with Gasteiger partial charge in [0.2, 0.25) is 0 Å². The van der Waals surface area contributed by atoms with Gasteiger partial charge in [0, 0.05) is 5.56 Å². The van der Waals surface area contributed by atoms with Gasteiger partial charge in [-0.25, -0.2) is 13.8 Å². The van der Waals surface area contributed by atoms with Crippen molar-refractivity contribution >= 4 is 17.3 Å². The molecular formula is C15H10F2N2O. The first-order valence-electron chi connectivity index (χ1n) is 6.05. The Morgan fingerprint density at radius 3 is 2.45 bits per heavy atom. The van der Waals surface area contributed by atoms with Gasteiger partial charge in [-0.15, -0.1) is 0 Å². The summed E-state index contributed by atoms with van der Waals surface area (Å²) in [6.45, 7) is 0. The van der Waals surface area contributed by atoms with E-state index in [0.717, 1.165) is 0 Å². The lowest BCUT2D eigenvalue weighted by molar-refractivity contribution is -0.116. The molecule has 3 nitrogen and oxygen atoms in total. The highest BCUT2D eigenvalue weighted by atomic mass is 19.1. The lowest BCUT2D eigenvalue weighted by Crippen LogP contribution is -2.19. The van der Waals surface area contributed by atoms with Crippen LogP contribution < -0.4 is 5.01 Å². The number of carbonyl (C=O) groups is 1. The fourth-order valence-corrected chi connectivity index (χ4v) is 2.04. The number of halogens is 2. The molecule has 1 heterocycles. The highest BCUT2D eigenvalue weighted by Crippen LogP contribution is 2.23. The van der Waals surface area contributed by atoms with Crippen molar-refractivity contribution in [2.75, 3.05) is 5.01 Å². The summed E-state index contributed by atoms with van der Waals surface area (Å²) in [6, 6.07) is 11.4. The Hall–Kier alpha value is -2.56. The summed E-state index contributed by atoms with van der Waals surface area (Å²) in [5, 5.41) is 5.40. The van der Waals surface area contributed by atoms with Crippen molar-refractivity contribution in [3.05, 3.63) is 65.7 Å². The van der Waals surface area contributed by atoms with Gasteiger partial charge in [-0.2, -0.15) is 5.10 Å². The van der Waals surface area contributed by atoms with Crippen LogP contribution in [0.25, 0.3) is 0 Å². The van der Waals surface area contributed by atoms with Crippen LogP contribution in [0.4, 0.5) is 14.5 Å². The second-order valence-corrected chi connectivity index (χ2v) is 4.42. The molecule has 0 unspecified atom stereocenters. The number of hydrogen-bond acceptors (Lipinski definition) is 2. The summed E-state index contributed by atoms with van der Waals surface area (Å²) >= 11 is 0. The van der Waals surface area contributed by atoms with E-state index in [2.05, 4.69) is 5.10 Å². The fourth-order valence-electron chi connectivity index (χ4n) is 2.04. The molecule has 0 spiro atoms. The van der Waals surface area contributed by atoms with E-state index < -0.39 is 0 Å². The van der Waals surface area contributed by atoms with Gasteiger partial charge in [0.25, 0.3) is 5.91 Å². The average molecular weight is 272 g/mol. The number of nitrogens with zero attached hydrogens (tertiary/aromatic N) is 2. The normalized spacial score (nSPS) is 14.6. The Labute approximate surface area is 114 Å². The zero-order valence-corrected chi connectivity index (χ0v) is 10.4. The van der Waals surface area contributed by atoms with Crippen LogP contribution in [-0.2, 0) is 4.79 Å². The van der Waals surface area contributed by atoms with Gasteiger partial charge in [-0.3, -0.25) is 4.79 Å². The van der Waals surface area contributed by atoms with Crippen molar-refractivity contribution in [2.45, 2.75) is 6.42 Å². The molecule has 2 aromatic carbocycles. The molecule has 0 bridgehead atoms. The minimum atomic E-state index is -0.380. The molecule has 0 saturated carbocycles. The standard InChI is InChI=1S/C15H10F2N2O/c16-11-4-6-13(7-5-11)19-15(20)9-14(18-19)10-2-1-3-12(17)8-10/h1-8H,9H2. The molecule has 100 valence electrons. The molecule has 0 fully saturated rings. The lowest BCUT2D eigenvalue weighted by atomic mass is 10.1. The summed E-state index contributed by atoms with van der Waals surface area (Å²) in [5.41, 5.74) is 1.56. The second kappa shape index (κ2) is 4.85. The van der Waals surface area contributed by atoms with Crippen LogP contribution >= 0.6 is 0 Å². The predicted octanol–water partition coefficient (Wildman–Crippen LogP) is 3.11. The summed E-state index contributed by atoms with van der Waals surface area (Å²) in [4.78, 5) is 12.0. The van der Waals surface area contributed by atoms with Crippen molar-refractivity contribution in [3.8, 4) is 0 Å². The van der Waals surface area contributed by atoms with E-state index in [9.17, 15) is 13.6 Å². The maximum atomic E-state index is 13.2. The average Bonchev–Trinajstić information content (AvgIpc) is 2.82. The summed E-state index contributed by atoms with van der Waals surface area (Å²) in [5.74, 6) is -0.983. The van der Waals surface area contributed by atoms with E-state index in [1.165, 1.54) is 41.4 Å². The number of hydrazone groups is 1. The molecule has 1 aliphatic rings. The molecule has 0 saturated heterocycles. The zero-order valence-electron chi connectivity index (χ0n) is 10.4. The minimum absolute atomic E-state index is 0.0980. The van der Waals surface area contributed by atoms with Crippen LogP contribution in [0.2, 0.25) is 0 Å². The van der Waals surface area contributed by atoms with Gasteiger partial charge in [-0.05, 0) is 36.4 Å². The summed E-state index contributed by atoms with van der Waals surface area (Å²) in [7, 11) is 0. The Bertz CT molecular complexity index is 695. The molecule has 0 aliphatic carbocycles. The number of benzene rings is 2. The van der Waals surface area contributed by atoms with Crippen molar-refractivity contribution < 1.29 is 13.6 Å². The molecule has 5 heteroatoms. The fraction of sp³-hybridized carbons (Fsp3) is 0.0667. The van der Waals surface area contributed by atoms with E-state index in [0.29, 0.717) is 17.0 Å². The van der Waals surface area contributed by atoms with E-state index >= 15 is 0 Å². The smallest absolute Gasteiger partial charge is 0.253 e. The molecule has 1 amide bonds. The first-order chi connectivity index (χ1) is 9.63. The number of hydrogen-bond donors (Lipinski definition) is 0. The molecule has 2 aromatic rings. The number of amides is 1. The first-order valence-corrected chi connectivity index (χ1v) is 6.05. The molecule has 0 radical (unpaired) electrons. The summed E-state index contributed by atoms with van der Waals surface area (Å²) in [6.07, 6.45) is 0.0980. The van der Waals surface area contributed by atoms with E-state index in [-0.39, 0.29) is 24.0 Å². The maximum Gasteiger partial charge on any atom is 0.253 e. The number of rotatable bonds is 2. The Kier molecular flexibility index (Phi) is 3.02. The third kappa shape index (κ3) is 2.30. The second-order valence-electron chi connectivity index (χ2n) is 4.42. The zero-order chi connectivity index (χ0) is 14.1. The topological polar surface area (TPSA) is 32.7 Å². The van der Waals surface area contributed by atoms with Crippen molar-refractivity contribution in [3.63, 3.8) is 0 Å². The van der Waals surface area contributed by atoms with Crippen LogP contribution in [0.5, 0.6) is 0 Å². The molecular weight excluding hydrogens is 262 g/mol. The minimum Gasteiger partial charge on any atom is -0.272 e. The van der Waals surface area contributed by atoms with Gasteiger partial charge in [0.15, 0.2) is 0 Å². The van der Waals surface area contributed by atoms with Gasteiger partial charge in [-0.1, -0.05) is 12.1 Å². The van der Waals surface area contributed by atoms with E-state index in [1.807, 2.05) is 0 Å². The Morgan fingerprint density at radius 2 is 1.75 bits per heavy atom. The monoisotopic (exact) mass is 272 g/mol. The van der Waals surface area contributed by atoms with E-state index in [4.69, 9.17) is 0 Å². The van der Waals surface area contributed by atoms with Crippen LogP contribution in [-0.4, -0.2) is 11.6 Å². The van der Waals surface area contributed by atoms with Gasteiger partial charge in [0.1, 0.15) is 11.6 Å². The molecule has 0 N–H and O–H groups in total. The number of anilines is 1. The number of carbonyl (C=O) groups excluding carboxylic acids is 1. The highest BCUT2D eigenvalue weighted by Gasteiger charge is 2.26. The maximum absolute atomic E-state index is 13.2. The van der Waals surface area contributed by atoms with Crippen LogP contribution in [0.1, 0.15) is 12.0 Å². The molecule has 1 aliphatic heterocycles. The van der Waals surface area contributed by atoms with Crippen LogP contribution in [0.3, 0.4) is 0 Å². The third-order valence-electron chi connectivity index (χ3n) is 3.00. The molecule has 0 aromatic heterocycles. The lowest BCUT2D eigenvalue weighted by Gasteiger charge is -2.10. The Balaban J connectivity index is 1.94. The van der Waals surface area contributed by atoms with Crippen molar-refractivity contribution in [2.24, 2.45) is 5.10 Å². The molecule has 0 atom stereocenters. The highest BCUT2D eigenvalue weighted by molar-refractivity contribution is 6.19. The van der Waals surface area contributed by atoms with Crippen LogP contribution in [0.15, 0.2) is 53.6 Å². The first kappa shape index (κ1) is 12.5. The third-order valence-corrected chi connectivity index (χ3v) is 3.00. The predicted molar refractivity (Wildman–Crippen MR) is 71.4 cm³/mol. The molecule has 20 heavy (non-hydrogen) atoms. The van der Waals surface area contributed by atoms with Crippen molar-refractivity contribution in [1.29, 1.82) is 0 Å². The van der Waals surface area contributed by atoms with Gasteiger partial charge in [0.05, 0.1) is 17.8 Å². The quantitative estimate of drug-likeness (QED) is 0.826. The van der Waals surface area contributed by atoms with Crippen molar-refractivity contribution in [1.82, 2.24) is 0 Å². The van der Waals surface area contributed by atoms with Crippen LogP contribution in [0, 0.1) is 11.6 Å². The van der Waals surface area contributed by atoms with Gasteiger partial charge >= 0.3 is 0 Å². The van der Waals surface area contributed by atoms with Gasteiger partial charge < -0.3 is 0 Å². The largest absolute Gasteiger partial charge is 0.272 e. The summed E-state index contributed by atoms with van der Waals surface area (Å²) < 4.78 is 26.1. The Morgan fingerprint density at radius 1 is 1.00 bits per heavy atom.